The minimum absolute atomic E-state index is 0.0127. The summed E-state index contributed by atoms with van der Waals surface area (Å²) in [5, 5.41) is 18.1. The Morgan fingerprint density at radius 2 is 1.71 bits per heavy atom. The number of carbonyl (C=O) groups is 1. The number of carboxylic acid groups (broad SMARTS) is 1. The van der Waals surface area contributed by atoms with Crippen LogP contribution in [0.15, 0.2) is 36.1 Å². The Bertz CT molecular complexity index is 605. The summed E-state index contributed by atoms with van der Waals surface area (Å²) >= 11 is 0. The highest BCUT2D eigenvalue weighted by molar-refractivity contribution is 5.87. The van der Waals surface area contributed by atoms with Crippen molar-refractivity contribution < 1.29 is 45.8 Å². The predicted octanol–water partition coefficient (Wildman–Crippen LogP) is 3.87. The van der Waals surface area contributed by atoms with E-state index in [2.05, 4.69) is 0 Å². The van der Waals surface area contributed by atoms with Gasteiger partial charge in [-0.25, -0.2) is 9.28 Å². The molecule has 4 nitrogen and oxygen atoms in total. The van der Waals surface area contributed by atoms with Crippen molar-refractivity contribution in [3.8, 4) is 0 Å². The monoisotopic (exact) mass is 358 g/mol. The van der Waals surface area contributed by atoms with Crippen LogP contribution in [0.1, 0.15) is 17.2 Å². The third-order valence-corrected chi connectivity index (χ3v) is 3.47. The average molecular weight is 358 g/mol. The number of hydrogen-bond donors (Lipinski definition) is 2. The van der Waals surface area contributed by atoms with Gasteiger partial charge in [0.15, 0.2) is 6.04 Å². The summed E-state index contributed by atoms with van der Waals surface area (Å²) in [6.45, 7) is -5.21. The number of benzene rings is 1. The van der Waals surface area contributed by atoms with Crippen molar-refractivity contribution in [2.45, 2.75) is 12.2 Å². The number of aliphatic hydroxyl groups excluding tert-OH is 1. The van der Waals surface area contributed by atoms with E-state index in [9.17, 15) is 31.1 Å². The molecule has 1 aromatic rings. The van der Waals surface area contributed by atoms with Gasteiger partial charge < -0.3 is 10.2 Å². The van der Waals surface area contributed by atoms with Gasteiger partial charge >= 0.3 is 12.1 Å². The van der Waals surface area contributed by atoms with Crippen LogP contribution in [0.3, 0.4) is 0 Å². The lowest BCUT2D eigenvalue weighted by Gasteiger charge is -2.37. The fourth-order valence-corrected chi connectivity index (χ4v) is 2.22. The number of aliphatic carboxylic acids is 1. The molecule has 0 radical (unpaired) electrons. The fraction of sp³-hybridized carbons (Fsp3) is 0.357. The van der Waals surface area contributed by atoms with Crippen LogP contribution in [0.5, 0.6) is 0 Å². The zero-order valence-electron chi connectivity index (χ0n) is 12.1. The molecule has 0 aliphatic rings. The predicted molar refractivity (Wildman–Crippen MR) is 70.7 cm³/mol. The van der Waals surface area contributed by atoms with Gasteiger partial charge in [0.1, 0.15) is 5.57 Å². The van der Waals surface area contributed by atoms with Gasteiger partial charge in [0.25, 0.3) is 0 Å². The van der Waals surface area contributed by atoms with Crippen molar-refractivity contribution in [3.63, 3.8) is 0 Å². The van der Waals surface area contributed by atoms with E-state index in [0.29, 0.717) is 12.1 Å². The molecule has 134 valence electrons. The summed E-state index contributed by atoms with van der Waals surface area (Å²) in [6, 6.07) is 0.977. The smallest absolute Gasteiger partial charge is 0.416 e. The first-order valence-corrected chi connectivity index (χ1v) is 6.45. The molecule has 0 saturated carbocycles. The molecule has 0 amide bonds. The highest BCUT2D eigenvalue weighted by Crippen LogP contribution is 2.38. The van der Waals surface area contributed by atoms with Crippen molar-refractivity contribution in [1.29, 1.82) is 0 Å². The third kappa shape index (κ3) is 3.81. The SMILES string of the molecule is O=C(O)/C(=C/O)C(c1cccc(C(F)(F)F)c1)[N+](CF)(CF)CF. The van der Waals surface area contributed by atoms with Crippen LogP contribution < -0.4 is 0 Å². The molecule has 1 atom stereocenters. The van der Waals surface area contributed by atoms with E-state index < -0.39 is 59.8 Å². The van der Waals surface area contributed by atoms with Gasteiger partial charge in [-0.1, -0.05) is 12.1 Å². The van der Waals surface area contributed by atoms with Gasteiger partial charge in [-0.3, -0.25) is 0 Å². The summed E-state index contributed by atoms with van der Waals surface area (Å²) in [5.74, 6) is -1.85. The maximum atomic E-state index is 13.3. The lowest BCUT2D eigenvalue weighted by molar-refractivity contribution is -0.983. The zero-order chi connectivity index (χ0) is 18.5. The molecule has 2 N–H and O–H groups in total. The van der Waals surface area contributed by atoms with Crippen LogP contribution in [0.25, 0.3) is 0 Å². The number of aliphatic hydroxyl groups is 1. The maximum absolute atomic E-state index is 13.3. The van der Waals surface area contributed by atoms with Crippen molar-refractivity contribution in [2.24, 2.45) is 0 Å². The standard InChI is InChI=1S/C14H13F6NO3/c15-6-21(7-16,8-17)12(11(5-22)13(23)24)9-2-1-3-10(4-9)14(18,19)20/h1-5,12H,6-8H2,(H-,22,23,24)/p+1/b11-5+. The molecule has 0 spiro atoms. The molecule has 0 aliphatic heterocycles. The summed E-state index contributed by atoms with van der Waals surface area (Å²) in [6.07, 6.45) is -4.81. The molecular weight excluding hydrogens is 344 g/mol. The molecule has 0 bridgehead atoms. The Hall–Kier alpha value is -2.23. The van der Waals surface area contributed by atoms with Crippen molar-refractivity contribution in [1.82, 2.24) is 0 Å². The molecule has 0 aliphatic carbocycles. The maximum Gasteiger partial charge on any atom is 0.416 e. The van der Waals surface area contributed by atoms with Gasteiger partial charge in [0, 0.05) is 5.56 Å². The fourth-order valence-electron chi connectivity index (χ4n) is 2.22. The lowest BCUT2D eigenvalue weighted by Crippen LogP contribution is -2.50. The van der Waals surface area contributed by atoms with Crippen LogP contribution in [0.4, 0.5) is 26.3 Å². The second-order valence-electron chi connectivity index (χ2n) is 4.99. The largest absolute Gasteiger partial charge is 0.515 e. The molecular formula is C14H14F6NO3+. The number of alkyl halides is 6. The number of hydrogen-bond acceptors (Lipinski definition) is 2. The Morgan fingerprint density at radius 1 is 1.17 bits per heavy atom. The number of halogens is 6. The quantitative estimate of drug-likeness (QED) is 0.256. The van der Waals surface area contributed by atoms with E-state index in [1.54, 1.807) is 0 Å². The van der Waals surface area contributed by atoms with E-state index >= 15 is 0 Å². The lowest BCUT2D eigenvalue weighted by atomic mass is 9.95. The first-order valence-electron chi connectivity index (χ1n) is 6.45. The second-order valence-corrected chi connectivity index (χ2v) is 4.99. The van der Waals surface area contributed by atoms with Gasteiger partial charge in [0.05, 0.1) is 11.8 Å². The van der Waals surface area contributed by atoms with Gasteiger partial charge in [-0.05, 0) is 12.1 Å². The van der Waals surface area contributed by atoms with Crippen LogP contribution in [0, 0.1) is 0 Å². The van der Waals surface area contributed by atoms with E-state index in [-0.39, 0.29) is 6.26 Å². The molecule has 0 saturated heterocycles. The van der Waals surface area contributed by atoms with Crippen LogP contribution >= 0.6 is 0 Å². The first-order chi connectivity index (χ1) is 11.2. The van der Waals surface area contributed by atoms with E-state index in [0.717, 1.165) is 12.1 Å². The summed E-state index contributed by atoms with van der Waals surface area (Å²) in [5.41, 5.74) is -2.75. The zero-order valence-corrected chi connectivity index (χ0v) is 12.1. The van der Waals surface area contributed by atoms with E-state index in [1.807, 2.05) is 0 Å². The Balaban J connectivity index is 3.63. The molecule has 1 unspecified atom stereocenters. The molecule has 0 heterocycles. The van der Waals surface area contributed by atoms with Crippen molar-refractivity contribution in [2.75, 3.05) is 20.4 Å². The average Bonchev–Trinajstić information content (AvgIpc) is 2.55. The van der Waals surface area contributed by atoms with Crippen LogP contribution in [-0.2, 0) is 11.0 Å². The van der Waals surface area contributed by atoms with E-state index in [4.69, 9.17) is 10.2 Å². The normalized spacial score (nSPS) is 14.5. The molecule has 1 rings (SSSR count). The minimum atomic E-state index is -4.80. The van der Waals surface area contributed by atoms with Crippen LogP contribution in [0.2, 0.25) is 0 Å². The Labute approximate surface area is 132 Å². The van der Waals surface area contributed by atoms with Gasteiger partial charge in [-0.15, -0.1) is 0 Å². The Morgan fingerprint density at radius 3 is 2.08 bits per heavy atom. The number of rotatable bonds is 7. The van der Waals surface area contributed by atoms with Crippen molar-refractivity contribution in [3.05, 3.63) is 47.2 Å². The van der Waals surface area contributed by atoms with Gasteiger partial charge in [0.2, 0.25) is 20.4 Å². The summed E-state index contributed by atoms with van der Waals surface area (Å²) in [4.78, 5) is 11.2. The molecule has 0 fully saturated rings. The third-order valence-electron chi connectivity index (χ3n) is 3.47. The minimum Gasteiger partial charge on any atom is -0.515 e. The van der Waals surface area contributed by atoms with Crippen LogP contribution in [-0.4, -0.2) is 41.1 Å². The second kappa shape index (κ2) is 7.56. The highest BCUT2D eigenvalue weighted by atomic mass is 19.4. The first kappa shape index (κ1) is 19.8. The van der Waals surface area contributed by atoms with Crippen molar-refractivity contribution >= 4 is 5.97 Å². The molecule has 0 aromatic heterocycles. The Kier molecular flexibility index (Phi) is 6.24. The topological polar surface area (TPSA) is 57.5 Å². The van der Waals surface area contributed by atoms with E-state index in [1.165, 1.54) is 0 Å². The van der Waals surface area contributed by atoms with Gasteiger partial charge in [-0.2, -0.15) is 26.3 Å². The molecule has 1 aromatic carbocycles. The number of quaternary nitrogens is 1. The summed E-state index contributed by atoms with van der Waals surface area (Å²) in [7, 11) is 0. The molecule has 24 heavy (non-hydrogen) atoms. The molecule has 10 heteroatoms. The highest BCUT2D eigenvalue weighted by Gasteiger charge is 2.45. The number of nitrogens with zero attached hydrogens (tertiary/aromatic N) is 1. The number of carboxylic acids is 1. The summed E-state index contributed by atoms with van der Waals surface area (Å²) < 4.78 is 76.6.